The molecule has 0 saturated carbocycles. The third kappa shape index (κ3) is 9.16. The van der Waals surface area contributed by atoms with E-state index in [0.717, 1.165) is 6.54 Å². The van der Waals surface area contributed by atoms with Crippen LogP contribution in [0.1, 0.15) is 42.3 Å². The van der Waals surface area contributed by atoms with Gasteiger partial charge in [-0.1, -0.05) is 12.1 Å². The zero-order chi connectivity index (χ0) is 27.2. The number of hydrogen-bond acceptors (Lipinski definition) is 2. The van der Waals surface area contributed by atoms with Crippen molar-refractivity contribution in [1.82, 2.24) is 14.5 Å². The Morgan fingerprint density at radius 1 is 0.737 bits per heavy atom. The normalized spacial score (nSPS) is 14.4. The summed E-state index contributed by atoms with van der Waals surface area (Å²) in [6.45, 7) is 3.50. The molecular weight excluding hydrogens is 807 g/mol. The van der Waals surface area contributed by atoms with Crippen LogP contribution >= 0.6 is 0 Å². The summed E-state index contributed by atoms with van der Waals surface area (Å²) in [6, 6.07) is 31.3. The maximum atomic E-state index is 4.95. The van der Waals surface area contributed by atoms with Gasteiger partial charge < -0.3 is 0 Å². The third-order valence-electron chi connectivity index (χ3n) is 6.78. The van der Waals surface area contributed by atoms with Gasteiger partial charge in [0.1, 0.15) is 0 Å². The molecule has 0 spiro atoms. The van der Waals surface area contributed by atoms with Gasteiger partial charge in [-0.15, -0.1) is 0 Å². The number of benzene rings is 3. The molecule has 1 saturated heterocycles. The fraction of sp³-hybridized carbons (Fsp3) is 0.406. The van der Waals surface area contributed by atoms with Gasteiger partial charge in [0, 0.05) is 0 Å². The van der Waals surface area contributed by atoms with Crippen molar-refractivity contribution in [2.24, 2.45) is 0 Å². The second-order valence-electron chi connectivity index (χ2n) is 9.42. The Morgan fingerprint density at radius 3 is 1.76 bits per heavy atom. The van der Waals surface area contributed by atoms with Crippen LogP contribution in [0.4, 0.5) is 0 Å². The van der Waals surface area contributed by atoms with Crippen molar-refractivity contribution in [2.45, 2.75) is 31.2 Å². The van der Waals surface area contributed by atoms with E-state index in [9.17, 15) is 0 Å². The van der Waals surface area contributed by atoms with Crippen molar-refractivity contribution in [3.8, 4) is 0 Å². The summed E-state index contributed by atoms with van der Waals surface area (Å²) in [7, 11) is 0. The van der Waals surface area contributed by atoms with Crippen molar-refractivity contribution < 1.29 is 63.6 Å². The Balaban J connectivity index is 0.000000611. The van der Waals surface area contributed by atoms with Gasteiger partial charge in [0.05, 0.1) is 0 Å². The van der Waals surface area contributed by atoms with Crippen LogP contribution < -0.4 is 63.6 Å². The topological polar surface area (TPSA) is 21.1 Å². The van der Waals surface area contributed by atoms with Gasteiger partial charge >= 0.3 is 252 Å². The Kier molecular flexibility index (Phi) is 14.9. The van der Waals surface area contributed by atoms with E-state index in [1.165, 1.54) is 58.3 Å². The number of imidazole rings is 1. The van der Waals surface area contributed by atoms with E-state index in [1.807, 2.05) is 0 Å². The number of nitrogens with zero attached hydrogens (tertiary/aromatic N) is 3. The molecule has 0 radical (unpaired) electrons. The summed E-state index contributed by atoms with van der Waals surface area (Å²) in [4.78, 5) is 18.9. The zero-order valence-corrected chi connectivity index (χ0v) is 29.9. The second kappa shape index (κ2) is 17.9. The molecule has 1 aliphatic heterocycles. The molecule has 0 atom stereocenters. The Bertz CT molecular complexity index is 1130. The average molecular weight is 850 g/mol. The summed E-state index contributed by atoms with van der Waals surface area (Å²) >= 11 is 1.15. The quantitative estimate of drug-likeness (QED) is 0.151. The Labute approximate surface area is 262 Å². The van der Waals surface area contributed by atoms with E-state index in [-0.39, 0.29) is 21.2 Å². The number of fused-ring (bicyclic) bond motifs is 1. The maximum absolute atomic E-state index is 4.95. The van der Waals surface area contributed by atoms with Crippen LogP contribution in [0.25, 0.3) is 11.0 Å². The summed E-state index contributed by atoms with van der Waals surface area (Å²) in [5.41, 5.74) is 5.35. The van der Waals surface area contributed by atoms with Gasteiger partial charge in [-0.05, 0) is 0 Å². The van der Waals surface area contributed by atoms with Gasteiger partial charge in [-0.3, -0.25) is 0 Å². The molecule has 0 amide bonds. The number of halogens is 3. The molecule has 1 fully saturated rings. The van der Waals surface area contributed by atoms with Gasteiger partial charge in [0.2, 0.25) is 0 Å². The summed E-state index contributed by atoms with van der Waals surface area (Å²) in [5, 5.41) is 0. The van der Waals surface area contributed by atoms with Gasteiger partial charge in [-0.2, -0.15) is 0 Å². The van der Waals surface area contributed by atoms with E-state index >= 15 is 0 Å². The van der Waals surface area contributed by atoms with Crippen LogP contribution in [0.5, 0.6) is 0 Å². The van der Waals surface area contributed by atoms with E-state index in [4.69, 9.17) is 4.98 Å². The van der Waals surface area contributed by atoms with E-state index in [1.54, 1.807) is 0 Å². The number of aromatic nitrogens is 2. The van der Waals surface area contributed by atoms with Gasteiger partial charge in [0.15, 0.2) is 0 Å². The molecule has 210 valence electrons. The predicted molar refractivity (Wildman–Crippen MR) is 152 cm³/mol. The van der Waals surface area contributed by atoms with Crippen molar-refractivity contribution in [3.63, 3.8) is 0 Å². The van der Waals surface area contributed by atoms with Gasteiger partial charge in [-0.25, -0.2) is 0 Å². The van der Waals surface area contributed by atoms with Crippen LogP contribution in [-0.4, -0.2) is 58.7 Å². The molecule has 3 aromatic carbocycles. The summed E-state index contributed by atoms with van der Waals surface area (Å²) in [6.07, 6.45) is 3.61. The molecule has 2 heterocycles. The van der Waals surface area contributed by atoms with E-state index < -0.39 is 0 Å². The molecule has 6 heteroatoms. The minimum absolute atomic E-state index is 0.0289. The molecule has 1 aromatic heterocycles. The number of para-hydroxylation sites is 2. The second-order valence-corrected chi connectivity index (χ2v) is 15.8. The number of alkyl halides is 5. The number of hydrogen-bond donors (Lipinski definition) is 0. The van der Waals surface area contributed by atoms with Crippen molar-refractivity contribution >= 4 is 11.0 Å². The molecule has 0 bridgehead atoms. The first-order valence-corrected chi connectivity index (χ1v) is 25.0. The van der Waals surface area contributed by atoms with Crippen LogP contribution in [0.2, 0.25) is 0 Å². The number of rotatable bonds is 7. The molecule has 5 rings (SSSR count). The van der Waals surface area contributed by atoms with Crippen LogP contribution in [0.15, 0.2) is 84.9 Å². The first kappa shape index (κ1) is 31.8. The number of piperidine rings is 1. The van der Waals surface area contributed by atoms with Crippen LogP contribution in [-0.2, 0) is 0 Å². The minimum atomic E-state index is -0.0289. The monoisotopic (exact) mass is 850 g/mol. The SMILES string of the molecule is C[I-]C.C[I-]C.C[I-]c1nc2ccccc2n1C1CCN(CCC(c2ccccc2)c2ccccc2)CC1. The summed E-state index contributed by atoms with van der Waals surface area (Å²) < 4.78 is 3.92. The molecule has 4 aromatic rings. The third-order valence-corrected chi connectivity index (χ3v) is 8.51. The molecule has 0 unspecified atom stereocenters. The standard InChI is InChI=1S/C28H31IN3.2C2H6I/c1-29-28-30-26-14-8-9-15-27(26)32(28)24-16-19-31(20-17-24)21-18-25(22-10-4-2-5-11-22)23-12-6-3-7-13-23;2*1-3-2/h2-15,24-25H,16-21H2,1H3;2*1-2H3/q3*-1. The first-order chi connectivity index (χ1) is 18.7. The molecule has 0 N–H and O–H groups in total. The van der Waals surface area contributed by atoms with Crippen molar-refractivity contribution in [2.75, 3.05) is 44.3 Å². The van der Waals surface area contributed by atoms with E-state index in [2.05, 4.69) is 119 Å². The summed E-state index contributed by atoms with van der Waals surface area (Å²) in [5.74, 6) is 0.462. The molecule has 0 aliphatic carbocycles. The molecule has 1 aliphatic rings. The fourth-order valence-electron chi connectivity index (χ4n) is 5.11. The Hall–Kier alpha value is -0.720. The fourth-order valence-corrected chi connectivity index (χ4v) is 6.78. The average Bonchev–Trinajstić information content (AvgIpc) is 3.34. The first-order valence-electron chi connectivity index (χ1n) is 13.1. The zero-order valence-electron chi connectivity index (χ0n) is 23.5. The van der Waals surface area contributed by atoms with Crippen LogP contribution in [0.3, 0.4) is 0 Å². The Morgan fingerprint density at radius 2 is 1.24 bits per heavy atom. The molecule has 3 nitrogen and oxygen atoms in total. The molecule has 38 heavy (non-hydrogen) atoms. The van der Waals surface area contributed by atoms with Gasteiger partial charge in [0.25, 0.3) is 0 Å². The van der Waals surface area contributed by atoms with Crippen molar-refractivity contribution in [1.29, 1.82) is 0 Å². The van der Waals surface area contributed by atoms with Crippen LogP contribution in [0, 0.1) is 3.83 Å². The molecular formula is C32H43I3N3-3. The van der Waals surface area contributed by atoms with Crippen molar-refractivity contribution in [3.05, 3.63) is 99.9 Å². The number of likely N-dealkylation sites (tertiary alicyclic amines) is 1. The predicted octanol–water partition coefficient (Wildman–Crippen LogP) is -2.55. The van der Waals surface area contributed by atoms with E-state index in [0.29, 0.717) is 54.4 Å².